The Bertz CT molecular complexity index is 548. The molecule has 0 aliphatic heterocycles. The zero-order valence-electron chi connectivity index (χ0n) is 13.7. The molecule has 0 aliphatic carbocycles. The average Bonchev–Trinajstić information content (AvgIpc) is 2.38. The molecular weight excluding hydrogens is 286 g/mol. The molecule has 0 bridgehead atoms. The van der Waals surface area contributed by atoms with E-state index in [1.807, 2.05) is 0 Å². The van der Waals surface area contributed by atoms with Gasteiger partial charge in [0.2, 0.25) is 0 Å². The Morgan fingerprint density at radius 3 is 2.36 bits per heavy atom. The van der Waals surface area contributed by atoms with Crippen LogP contribution in [0.3, 0.4) is 0 Å². The first-order valence-electron chi connectivity index (χ1n) is 6.94. The number of ether oxygens (including phenoxy) is 2. The Hall–Kier alpha value is -2.24. The molecule has 0 aliphatic rings. The molecule has 0 atom stereocenters. The molecule has 0 aromatic heterocycles. The zero-order valence-corrected chi connectivity index (χ0v) is 13.7. The highest BCUT2D eigenvalue weighted by Crippen LogP contribution is 2.20. The van der Waals surface area contributed by atoms with Crippen molar-refractivity contribution >= 4 is 12.1 Å². The molecule has 6 nitrogen and oxygen atoms in total. The minimum atomic E-state index is -0.925. The van der Waals surface area contributed by atoms with Crippen LogP contribution in [0.1, 0.15) is 31.9 Å². The van der Waals surface area contributed by atoms with Crippen molar-refractivity contribution in [1.82, 2.24) is 4.90 Å². The molecule has 1 aromatic carbocycles. The van der Waals surface area contributed by atoms with Gasteiger partial charge in [0.15, 0.2) is 0 Å². The molecule has 0 heterocycles. The summed E-state index contributed by atoms with van der Waals surface area (Å²) in [4.78, 5) is 24.4. The molecule has 1 N–H and O–H groups in total. The number of carbonyl (C=O) groups is 2. The lowest BCUT2D eigenvalue weighted by Gasteiger charge is -2.25. The van der Waals surface area contributed by atoms with E-state index in [2.05, 4.69) is 0 Å². The Balaban J connectivity index is 2.94. The molecule has 0 saturated carbocycles. The van der Waals surface area contributed by atoms with Crippen molar-refractivity contribution in [2.75, 3.05) is 14.2 Å². The van der Waals surface area contributed by atoms with Crippen LogP contribution in [0.15, 0.2) is 18.2 Å². The number of methoxy groups -OCH3 is 1. The van der Waals surface area contributed by atoms with Crippen LogP contribution in [0.5, 0.6) is 5.75 Å². The van der Waals surface area contributed by atoms with E-state index in [-0.39, 0.29) is 13.0 Å². The minimum Gasteiger partial charge on any atom is -0.497 e. The number of carboxylic acids is 1. The number of rotatable bonds is 5. The van der Waals surface area contributed by atoms with E-state index < -0.39 is 17.7 Å². The van der Waals surface area contributed by atoms with Gasteiger partial charge in [-0.1, -0.05) is 6.07 Å². The van der Waals surface area contributed by atoms with E-state index in [9.17, 15) is 9.59 Å². The largest absolute Gasteiger partial charge is 0.497 e. The highest BCUT2D eigenvalue weighted by Gasteiger charge is 2.20. The third-order valence-electron chi connectivity index (χ3n) is 2.87. The average molecular weight is 309 g/mol. The van der Waals surface area contributed by atoms with Gasteiger partial charge in [0.05, 0.1) is 13.5 Å². The summed E-state index contributed by atoms with van der Waals surface area (Å²) in [5, 5.41) is 8.98. The van der Waals surface area contributed by atoms with Crippen LogP contribution in [0.2, 0.25) is 0 Å². The fourth-order valence-electron chi connectivity index (χ4n) is 1.87. The SMILES string of the molecule is COc1ccc(CC(=O)O)c(CN(C)C(=O)OC(C)(C)C)c1. The zero-order chi connectivity index (χ0) is 16.9. The number of hydrogen-bond acceptors (Lipinski definition) is 4. The number of hydrogen-bond donors (Lipinski definition) is 1. The topological polar surface area (TPSA) is 76.1 Å². The van der Waals surface area contributed by atoms with Crippen LogP contribution in [-0.2, 0) is 22.5 Å². The van der Waals surface area contributed by atoms with Crippen LogP contribution >= 0.6 is 0 Å². The van der Waals surface area contributed by atoms with Crippen LogP contribution in [0.25, 0.3) is 0 Å². The summed E-state index contributed by atoms with van der Waals surface area (Å²) in [5.74, 6) is -0.312. The third kappa shape index (κ3) is 5.63. The lowest BCUT2D eigenvalue weighted by molar-refractivity contribution is -0.136. The second-order valence-corrected chi connectivity index (χ2v) is 6.04. The molecule has 6 heteroatoms. The number of amides is 1. The Morgan fingerprint density at radius 1 is 1.23 bits per heavy atom. The van der Waals surface area contributed by atoms with Crippen LogP contribution in [0.4, 0.5) is 4.79 Å². The van der Waals surface area contributed by atoms with E-state index in [0.29, 0.717) is 11.3 Å². The van der Waals surface area contributed by atoms with Gasteiger partial charge in [-0.3, -0.25) is 4.79 Å². The summed E-state index contributed by atoms with van der Waals surface area (Å²) < 4.78 is 10.4. The predicted octanol–water partition coefficient (Wildman–Crippen LogP) is 2.69. The highest BCUT2D eigenvalue weighted by molar-refractivity contribution is 5.71. The Morgan fingerprint density at radius 2 is 1.86 bits per heavy atom. The number of carbonyl (C=O) groups excluding carboxylic acids is 1. The summed E-state index contributed by atoms with van der Waals surface area (Å²) in [5.41, 5.74) is 0.780. The Kier molecular flexibility index (Phi) is 5.79. The van der Waals surface area contributed by atoms with Gasteiger partial charge in [0.25, 0.3) is 0 Å². The molecule has 1 amide bonds. The van der Waals surface area contributed by atoms with Crippen molar-refractivity contribution in [2.45, 2.75) is 39.3 Å². The maximum absolute atomic E-state index is 12.0. The standard InChI is InChI=1S/C16H23NO5/c1-16(2,3)22-15(20)17(4)10-12-8-13(21-5)7-6-11(12)9-14(18)19/h6-8H,9-10H2,1-5H3,(H,18,19). The molecule has 0 saturated heterocycles. The first-order chi connectivity index (χ1) is 10.1. The first kappa shape index (κ1) is 17.8. The Labute approximate surface area is 130 Å². The summed E-state index contributed by atoms with van der Waals surface area (Å²) in [6, 6.07) is 5.14. The highest BCUT2D eigenvalue weighted by atomic mass is 16.6. The summed E-state index contributed by atoms with van der Waals surface area (Å²) >= 11 is 0. The van der Waals surface area contributed by atoms with Gasteiger partial charge < -0.3 is 19.5 Å². The summed E-state index contributed by atoms with van der Waals surface area (Å²) in [6.45, 7) is 5.62. The van der Waals surface area contributed by atoms with Gasteiger partial charge in [0.1, 0.15) is 11.4 Å². The fourth-order valence-corrected chi connectivity index (χ4v) is 1.87. The molecule has 0 radical (unpaired) electrons. The number of nitrogens with zero attached hydrogens (tertiary/aromatic N) is 1. The summed E-state index contributed by atoms with van der Waals surface area (Å²) in [6.07, 6.45) is -0.571. The lowest BCUT2D eigenvalue weighted by Crippen LogP contribution is -2.34. The number of aliphatic carboxylic acids is 1. The smallest absolute Gasteiger partial charge is 0.410 e. The molecular formula is C16H23NO5. The molecule has 1 aromatic rings. The maximum atomic E-state index is 12.0. The lowest BCUT2D eigenvalue weighted by atomic mass is 10.0. The van der Waals surface area contributed by atoms with Crippen molar-refractivity contribution < 1.29 is 24.2 Å². The minimum absolute atomic E-state index is 0.110. The predicted molar refractivity (Wildman–Crippen MR) is 82.0 cm³/mol. The van der Waals surface area contributed by atoms with Gasteiger partial charge in [-0.15, -0.1) is 0 Å². The molecule has 0 spiro atoms. The van der Waals surface area contributed by atoms with Crippen molar-refractivity contribution in [1.29, 1.82) is 0 Å². The van der Waals surface area contributed by atoms with Gasteiger partial charge in [-0.2, -0.15) is 0 Å². The second kappa shape index (κ2) is 7.15. The molecule has 0 unspecified atom stereocenters. The monoisotopic (exact) mass is 309 g/mol. The van der Waals surface area contributed by atoms with E-state index >= 15 is 0 Å². The van der Waals surface area contributed by atoms with Crippen LogP contribution in [0, 0.1) is 0 Å². The van der Waals surface area contributed by atoms with Gasteiger partial charge in [0, 0.05) is 13.6 Å². The van der Waals surface area contributed by atoms with Crippen molar-refractivity contribution in [3.8, 4) is 5.75 Å². The van der Waals surface area contributed by atoms with E-state index in [1.165, 1.54) is 12.0 Å². The van der Waals surface area contributed by atoms with Gasteiger partial charge >= 0.3 is 12.1 Å². The normalized spacial score (nSPS) is 11.0. The van der Waals surface area contributed by atoms with Gasteiger partial charge in [-0.05, 0) is 44.0 Å². The van der Waals surface area contributed by atoms with Crippen LogP contribution in [-0.4, -0.2) is 41.8 Å². The van der Waals surface area contributed by atoms with Crippen LogP contribution < -0.4 is 4.74 Å². The van der Waals surface area contributed by atoms with E-state index in [4.69, 9.17) is 14.6 Å². The summed E-state index contributed by atoms with van der Waals surface area (Å²) in [7, 11) is 3.14. The van der Waals surface area contributed by atoms with E-state index in [1.54, 1.807) is 46.0 Å². The first-order valence-corrected chi connectivity index (χ1v) is 6.94. The number of benzene rings is 1. The van der Waals surface area contributed by atoms with Crippen molar-refractivity contribution in [3.05, 3.63) is 29.3 Å². The quantitative estimate of drug-likeness (QED) is 0.905. The van der Waals surface area contributed by atoms with Crippen molar-refractivity contribution in [3.63, 3.8) is 0 Å². The molecule has 1 rings (SSSR count). The molecule has 122 valence electrons. The molecule has 0 fully saturated rings. The number of carboxylic acid groups (broad SMARTS) is 1. The van der Waals surface area contributed by atoms with Crippen molar-refractivity contribution in [2.24, 2.45) is 0 Å². The fraction of sp³-hybridized carbons (Fsp3) is 0.500. The molecule has 22 heavy (non-hydrogen) atoms. The second-order valence-electron chi connectivity index (χ2n) is 6.04. The maximum Gasteiger partial charge on any atom is 0.410 e. The third-order valence-corrected chi connectivity index (χ3v) is 2.87. The van der Waals surface area contributed by atoms with E-state index in [0.717, 1.165) is 5.56 Å². The van der Waals surface area contributed by atoms with Gasteiger partial charge in [-0.25, -0.2) is 4.79 Å².